The van der Waals surface area contributed by atoms with Crippen molar-refractivity contribution in [3.05, 3.63) is 78.7 Å². The van der Waals surface area contributed by atoms with Crippen LogP contribution in [0.5, 0.6) is 0 Å². The summed E-state index contributed by atoms with van der Waals surface area (Å²) in [6.45, 7) is 4.97. The number of halogens is 1. The number of fused-ring (bicyclic) bond motifs is 1. The summed E-state index contributed by atoms with van der Waals surface area (Å²) in [7, 11) is 0. The molecular formula is C26H25FN8O2. The van der Waals surface area contributed by atoms with Gasteiger partial charge in [-0.2, -0.15) is 5.10 Å². The lowest BCUT2D eigenvalue weighted by molar-refractivity contribution is -0.127. The second kappa shape index (κ2) is 10.1. The van der Waals surface area contributed by atoms with E-state index in [2.05, 4.69) is 26.8 Å². The molecule has 0 unspecified atom stereocenters. The minimum absolute atomic E-state index is 0.0651. The van der Waals surface area contributed by atoms with Gasteiger partial charge in [0, 0.05) is 31.4 Å². The lowest BCUT2D eigenvalue weighted by atomic mass is 10.1. The van der Waals surface area contributed by atoms with Gasteiger partial charge in [-0.1, -0.05) is 30.8 Å². The van der Waals surface area contributed by atoms with Crippen molar-refractivity contribution in [2.45, 2.75) is 25.4 Å². The molecule has 0 saturated carbocycles. The molecule has 1 atom stereocenters. The van der Waals surface area contributed by atoms with Crippen LogP contribution in [0.25, 0.3) is 22.3 Å². The van der Waals surface area contributed by atoms with E-state index in [0.29, 0.717) is 35.6 Å². The van der Waals surface area contributed by atoms with Crippen molar-refractivity contribution in [1.29, 1.82) is 0 Å². The molecule has 1 fully saturated rings. The summed E-state index contributed by atoms with van der Waals surface area (Å²) in [5, 5.41) is 8.19. The molecule has 1 saturated heterocycles. The first-order valence-electron chi connectivity index (χ1n) is 11.8. The summed E-state index contributed by atoms with van der Waals surface area (Å²) < 4.78 is 15.6. The highest BCUT2D eigenvalue weighted by atomic mass is 19.1. The summed E-state index contributed by atoms with van der Waals surface area (Å²) in [6.07, 6.45) is 5.78. The van der Waals surface area contributed by atoms with E-state index in [9.17, 15) is 14.0 Å². The van der Waals surface area contributed by atoms with Crippen LogP contribution in [-0.2, 0) is 11.3 Å². The molecule has 0 radical (unpaired) electrons. The number of aromatic nitrogens is 5. The number of carbonyl (C=O) groups is 2. The number of nitrogens with two attached hydrogens (primary N) is 1. The van der Waals surface area contributed by atoms with Gasteiger partial charge in [0.05, 0.1) is 11.4 Å². The van der Waals surface area contributed by atoms with Crippen LogP contribution in [0.1, 0.15) is 34.9 Å². The Hall–Kier alpha value is -4.67. The van der Waals surface area contributed by atoms with Gasteiger partial charge in [0.2, 0.25) is 5.91 Å². The molecule has 188 valence electrons. The number of hydrogen-bond donors (Lipinski definition) is 2. The predicted octanol–water partition coefficient (Wildman–Crippen LogP) is 2.89. The summed E-state index contributed by atoms with van der Waals surface area (Å²) >= 11 is 0. The van der Waals surface area contributed by atoms with Crippen LogP contribution < -0.4 is 11.1 Å². The summed E-state index contributed by atoms with van der Waals surface area (Å²) in [5.74, 6) is -1.06. The van der Waals surface area contributed by atoms with Gasteiger partial charge in [-0.3, -0.25) is 9.59 Å². The van der Waals surface area contributed by atoms with Gasteiger partial charge in [0.25, 0.3) is 5.91 Å². The predicted molar refractivity (Wildman–Crippen MR) is 136 cm³/mol. The third-order valence-corrected chi connectivity index (χ3v) is 6.40. The summed E-state index contributed by atoms with van der Waals surface area (Å²) in [6, 6.07) is 9.99. The summed E-state index contributed by atoms with van der Waals surface area (Å²) in [5.41, 5.74) is 8.84. The van der Waals surface area contributed by atoms with Crippen molar-refractivity contribution in [3.8, 4) is 11.3 Å². The SMILES string of the molecule is C=CC(=O)N1CCC[C@@H](n2nc(-c3ccc(CNC(=O)c4ncccc4F)cc3)c3c(N)ncnc32)C1. The average Bonchev–Trinajstić information content (AvgIpc) is 3.33. The van der Waals surface area contributed by atoms with E-state index in [-0.39, 0.29) is 24.2 Å². The number of piperidine rings is 1. The Kier molecular flexibility index (Phi) is 6.59. The zero-order valence-corrected chi connectivity index (χ0v) is 20.0. The van der Waals surface area contributed by atoms with Gasteiger partial charge in [-0.15, -0.1) is 0 Å². The van der Waals surface area contributed by atoms with E-state index in [1.807, 2.05) is 28.9 Å². The van der Waals surface area contributed by atoms with Gasteiger partial charge < -0.3 is 16.0 Å². The number of hydrogen-bond acceptors (Lipinski definition) is 7. The number of nitrogens with one attached hydrogen (secondary N) is 1. The highest BCUT2D eigenvalue weighted by Gasteiger charge is 2.28. The molecule has 3 aromatic heterocycles. The fourth-order valence-corrected chi connectivity index (χ4v) is 4.54. The molecule has 10 nitrogen and oxygen atoms in total. The van der Waals surface area contributed by atoms with Crippen molar-refractivity contribution < 1.29 is 14.0 Å². The van der Waals surface area contributed by atoms with E-state index >= 15 is 0 Å². The molecule has 0 bridgehead atoms. The minimum Gasteiger partial charge on any atom is -0.383 e. The second-order valence-electron chi connectivity index (χ2n) is 8.75. The molecule has 1 aromatic carbocycles. The maximum Gasteiger partial charge on any atom is 0.273 e. The number of nitrogen functional groups attached to an aromatic ring is 1. The topological polar surface area (TPSA) is 132 Å². The number of pyridine rings is 1. The van der Waals surface area contributed by atoms with Gasteiger partial charge in [0.15, 0.2) is 17.2 Å². The fraction of sp³-hybridized carbons (Fsp3) is 0.231. The van der Waals surface area contributed by atoms with E-state index in [1.165, 1.54) is 30.7 Å². The molecule has 0 aliphatic carbocycles. The zero-order valence-electron chi connectivity index (χ0n) is 20.0. The Morgan fingerprint density at radius 2 is 2.00 bits per heavy atom. The van der Waals surface area contributed by atoms with Crippen molar-refractivity contribution in [1.82, 2.24) is 34.9 Å². The first kappa shape index (κ1) is 24.0. The first-order valence-corrected chi connectivity index (χ1v) is 11.8. The van der Waals surface area contributed by atoms with Gasteiger partial charge in [0.1, 0.15) is 17.8 Å². The van der Waals surface area contributed by atoms with Crippen LogP contribution in [0.2, 0.25) is 0 Å². The molecule has 3 N–H and O–H groups in total. The standard InChI is InChI=1S/C26H25FN8O2/c1-2-20(36)34-12-4-5-18(14-34)35-25-21(24(28)31-15-32-25)22(33-35)17-9-7-16(8-10-17)13-30-26(37)23-19(27)6-3-11-29-23/h2-3,6-11,15,18H,1,4-5,12-14H2,(H,30,37)(H2,28,31,32)/t18-/m1/s1. The van der Waals surface area contributed by atoms with E-state index in [4.69, 9.17) is 10.8 Å². The second-order valence-corrected chi connectivity index (χ2v) is 8.75. The third kappa shape index (κ3) is 4.75. The highest BCUT2D eigenvalue weighted by molar-refractivity contribution is 5.98. The van der Waals surface area contributed by atoms with Crippen molar-refractivity contribution in [3.63, 3.8) is 0 Å². The van der Waals surface area contributed by atoms with Crippen LogP contribution in [0.4, 0.5) is 10.2 Å². The highest BCUT2D eigenvalue weighted by Crippen LogP contribution is 2.33. The number of rotatable bonds is 6. The van der Waals surface area contributed by atoms with Crippen molar-refractivity contribution in [2.24, 2.45) is 0 Å². The number of nitrogens with zero attached hydrogens (tertiary/aromatic N) is 6. The molecule has 1 aliphatic heterocycles. The largest absolute Gasteiger partial charge is 0.383 e. The monoisotopic (exact) mass is 500 g/mol. The minimum atomic E-state index is -0.674. The Bertz CT molecular complexity index is 1480. The Morgan fingerprint density at radius 1 is 1.19 bits per heavy atom. The van der Waals surface area contributed by atoms with Gasteiger partial charge in [-0.05, 0) is 36.6 Å². The number of carbonyl (C=O) groups excluding carboxylic acids is 2. The molecule has 0 spiro atoms. The van der Waals surface area contributed by atoms with Crippen LogP contribution in [0, 0.1) is 5.82 Å². The molecule has 11 heteroatoms. The fourth-order valence-electron chi connectivity index (χ4n) is 4.54. The number of benzene rings is 1. The van der Waals surface area contributed by atoms with Gasteiger partial charge >= 0.3 is 0 Å². The van der Waals surface area contributed by atoms with Crippen LogP contribution in [0.15, 0.2) is 61.6 Å². The average molecular weight is 501 g/mol. The normalized spacial score (nSPS) is 15.5. The molecule has 2 amide bonds. The van der Waals surface area contributed by atoms with Crippen LogP contribution >= 0.6 is 0 Å². The lowest BCUT2D eigenvalue weighted by Crippen LogP contribution is -2.40. The number of amides is 2. The number of anilines is 1. The molecule has 4 heterocycles. The zero-order chi connectivity index (χ0) is 25.9. The van der Waals surface area contributed by atoms with Crippen LogP contribution in [-0.4, -0.2) is 54.5 Å². The van der Waals surface area contributed by atoms with E-state index < -0.39 is 11.7 Å². The first-order chi connectivity index (χ1) is 18.0. The van der Waals surface area contributed by atoms with Crippen LogP contribution in [0.3, 0.4) is 0 Å². The van der Waals surface area contributed by atoms with Crippen molar-refractivity contribution in [2.75, 3.05) is 18.8 Å². The Balaban J connectivity index is 1.40. The number of likely N-dealkylation sites (tertiary alicyclic amines) is 1. The Morgan fingerprint density at radius 3 is 2.76 bits per heavy atom. The lowest BCUT2D eigenvalue weighted by Gasteiger charge is -2.32. The van der Waals surface area contributed by atoms with E-state index in [0.717, 1.165) is 24.0 Å². The van der Waals surface area contributed by atoms with Gasteiger partial charge in [-0.25, -0.2) is 24.0 Å². The summed E-state index contributed by atoms with van der Waals surface area (Å²) in [4.78, 5) is 38.6. The maximum absolute atomic E-state index is 13.8. The third-order valence-electron chi connectivity index (χ3n) is 6.40. The molecule has 5 rings (SSSR count). The van der Waals surface area contributed by atoms with Crippen molar-refractivity contribution >= 4 is 28.7 Å². The molecule has 4 aromatic rings. The van der Waals surface area contributed by atoms with E-state index in [1.54, 1.807) is 4.90 Å². The smallest absolute Gasteiger partial charge is 0.273 e. The quantitative estimate of drug-likeness (QED) is 0.389. The molecule has 1 aliphatic rings. The molecular weight excluding hydrogens is 475 g/mol. The molecule has 37 heavy (non-hydrogen) atoms. The maximum atomic E-state index is 13.8. The Labute approximate surface area is 212 Å².